The second-order valence-corrected chi connectivity index (χ2v) is 8.26. The summed E-state index contributed by atoms with van der Waals surface area (Å²) in [7, 11) is 2.10. The lowest BCUT2D eigenvalue weighted by Gasteiger charge is -2.22. The number of aromatic nitrogens is 3. The van der Waals surface area contributed by atoms with E-state index in [-0.39, 0.29) is 0 Å². The molecule has 0 amide bonds. The highest BCUT2D eigenvalue weighted by Crippen LogP contribution is 2.24. The van der Waals surface area contributed by atoms with Crippen molar-refractivity contribution in [2.45, 2.75) is 27.3 Å². The normalized spacial score (nSPS) is 11.4. The molecule has 0 aliphatic heterocycles. The third-order valence-electron chi connectivity index (χ3n) is 4.55. The summed E-state index contributed by atoms with van der Waals surface area (Å²) >= 11 is 3.88. The minimum Gasteiger partial charge on any atom is -0.368 e. The summed E-state index contributed by atoms with van der Waals surface area (Å²) in [5.41, 5.74) is 3.01. The number of azo groups is 1. The van der Waals surface area contributed by atoms with Gasteiger partial charge in [0.25, 0.3) is 5.82 Å². The van der Waals surface area contributed by atoms with Crippen LogP contribution >= 0.6 is 33.9 Å². The number of anilines is 1. The van der Waals surface area contributed by atoms with Crippen molar-refractivity contribution in [3.63, 3.8) is 0 Å². The molecule has 0 saturated carbocycles. The molecular formula is C19H24IN6S+. The van der Waals surface area contributed by atoms with Gasteiger partial charge < -0.3 is 4.90 Å². The van der Waals surface area contributed by atoms with Crippen LogP contribution in [0, 0.1) is 17.5 Å². The van der Waals surface area contributed by atoms with Crippen LogP contribution < -0.4 is 9.47 Å². The zero-order valence-corrected chi connectivity index (χ0v) is 19.0. The van der Waals surface area contributed by atoms with E-state index in [0.717, 1.165) is 31.0 Å². The maximum Gasteiger partial charge on any atom is 0.253 e. The third-order valence-corrected chi connectivity index (χ3v) is 6.39. The number of hydrogen-bond donors (Lipinski definition) is 0. The minimum absolute atomic E-state index is 0.691. The van der Waals surface area contributed by atoms with Gasteiger partial charge in [-0.25, -0.2) is 14.1 Å². The molecule has 0 radical (unpaired) electrons. The Hall–Kier alpha value is -1.81. The molecule has 3 aromatic rings. The van der Waals surface area contributed by atoms with Gasteiger partial charge in [-0.05, 0) is 38.1 Å². The lowest BCUT2D eigenvalue weighted by atomic mass is 10.2. The molecule has 142 valence electrons. The standard InChI is InChI=1S/C19H24IN6S/c1-5-25(10-11-26-12-18(20)24(4)15(26)3)17-8-6-16(7-9-17)22-23-19-21-14(2)13-27-19/h6-9,12-13H,5,10-11H2,1-4H3/q+1. The zero-order chi connectivity index (χ0) is 19.4. The Morgan fingerprint density at radius 1 is 1.22 bits per heavy atom. The van der Waals surface area contributed by atoms with Gasteiger partial charge in [-0.1, -0.05) is 0 Å². The minimum atomic E-state index is 0.691. The third kappa shape index (κ3) is 4.92. The van der Waals surface area contributed by atoms with Gasteiger partial charge in [0.2, 0.25) is 8.83 Å². The van der Waals surface area contributed by atoms with Crippen molar-refractivity contribution in [2.75, 3.05) is 18.0 Å². The van der Waals surface area contributed by atoms with Crippen LogP contribution in [0.15, 0.2) is 46.1 Å². The Bertz CT molecular complexity index is 928. The Balaban J connectivity index is 1.65. The van der Waals surface area contributed by atoms with Crippen LogP contribution in [0.3, 0.4) is 0 Å². The molecule has 2 aromatic heterocycles. The molecule has 3 rings (SSSR count). The monoisotopic (exact) mass is 495 g/mol. The first-order valence-corrected chi connectivity index (χ1v) is 10.8. The molecule has 1 aromatic carbocycles. The van der Waals surface area contributed by atoms with Gasteiger partial charge in [-0.3, -0.25) is 0 Å². The molecular weight excluding hydrogens is 471 g/mol. The molecule has 6 nitrogen and oxygen atoms in total. The van der Waals surface area contributed by atoms with Crippen molar-refractivity contribution in [1.82, 2.24) is 9.55 Å². The van der Waals surface area contributed by atoms with Crippen LogP contribution in [0.1, 0.15) is 18.4 Å². The van der Waals surface area contributed by atoms with Crippen molar-refractivity contribution < 1.29 is 4.57 Å². The summed E-state index contributed by atoms with van der Waals surface area (Å²) in [6.07, 6.45) is 2.20. The van der Waals surface area contributed by atoms with E-state index >= 15 is 0 Å². The van der Waals surface area contributed by atoms with E-state index in [0.29, 0.717) is 5.13 Å². The second kappa shape index (κ2) is 8.92. The van der Waals surface area contributed by atoms with Gasteiger partial charge in [0.15, 0.2) is 0 Å². The van der Waals surface area contributed by atoms with Crippen LogP contribution in [-0.4, -0.2) is 22.6 Å². The first-order valence-electron chi connectivity index (χ1n) is 8.88. The fourth-order valence-corrected chi connectivity index (χ4v) is 4.10. The molecule has 0 aliphatic carbocycles. The van der Waals surface area contributed by atoms with Crippen molar-refractivity contribution in [3.05, 3.63) is 51.1 Å². The molecule has 2 heterocycles. The molecule has 0 aliphatic rings. The predicted octanol–water partition coefficient (Wildman–Crippen LogP) is 4.93. The number of nitrogens with zero attached hydrogens (tertiary/aromatic N) is 6. The molecule has 0 saturated heterocycles. The highest BCUT2D eigenvalue weighted by molar-refractivity contribution is 14.1. The summed E-state index contributed by atoms with van der Waals surface area (Å²) in [5, 5.41) is 11.1. The van der Waals surface area contributed by atoms with E-state index < -0.39 is 0 Å². The molecule has 0 spiro atoms. The number of imidazole rings is 1. The van der Waals surface area contributed by atoms with Crippen LogP contribution in [0.5, 0.6) is 0 Å². The maximum atomic E-state index is 4.30. The van der Waals surface area contributed by atoms with Gasteiger partial charge in [0.05, 0.1) is 25.0 Å². The van der Waals surface area contributed by atoms with E-state index in [1.807, 2.05) is 24.4 Å². The fourth-order valence-electron chi connectivity index (χ4n) is 2.80. The molecule has 27 heavy (non-hydrogen) atoms. The van der Waals surface area contributed by atoms with E-state index in [2.05, 4.69) is 91.1 Å². The van der Waals surface area contributed by atoms with Crippen LogP contribution in [0.4, 0.5) is 16.5 Å². The number of hydrogen-bond acceptors (Lipinski definition) is 5. The van der Waals surface area contributed by atoms with Crippen molar-refractivity contribution >= 4 is 50.4 Å². The second-order valence-electron chi connectivity index (χ2n) is 6.32. The quantitative estimate of drug-likeness (QED) is 0.265. The largest absolute Gasteiger partial charge is 0.368 e. The summed E-state index contributed by atoms with van der Waals surface area (Å²) in [4.78, 5) is 6.67. The number of rotatable bonds is 7. The Morgan fingerprint density at radius 2 is 1.96 bits per heavy atom. The summed E-state index contributed by atoms with van der Waals surface area (Å²) in [5.74, 6) is 1.27. The average molecular weight is 495 g/mol. The van der Waals surface area contributed by atoms with Gasteiger partial charge in [0.1, 0.15) is 12.7 Å². The fraction of sp³-hybridized carbons (Fsp3) is 0.368. The van der Waals surface area contributed by atoms with Crippen LogP contribution in [-0.2, 0) is 13.6 Å². The average Bonchev–Trinajstić information content (AvgIpc) is 3.20. The van der Waals surface area contributed by atoms with E-state index in [4.69, 9.17) is 0 Å². The number of aryl methyl sites for hydroxylation is 1. The van der Waals surface area contributed by atoms with Crippen molar-refractivity contribution in [1.29, 1.82) is 0 Å². The predicted molar refractivity (Wildman–Crippen MR) is 118 cm³/mol. The van der Waals surface area contributed by atoms with Crippen LogP contribution in [0.2, 0.25) is 0 Å². The van der Waals surface area contributed by atoms with Gasteiger partial charge in [-0.15, -0.1) is 21.6 Å². The molecule has 0 atom stereocenters. The number of benzene rings is 1. The Morgan fingerprint density at radius 3 is 2.52 bits per heavy atom. The van der Waals surface area contributed by atoms with Gasteiger partial charge in [-0.2, -0.15) is 0 Å². The SMILES string of the molecule is CCN(CC[n+]1cc(I)n(C)c1C)c1ccc(N=Nc2nc(C)cs2)cc1. The number of halogens is 1. The Labute approximate surface area is 177 Å². The molecule has 0 fully saturated rings. The zero-order valence-electron chi connectivity index (χ0n) is 16.1. The van der Waals surface area contributed by atoms with Gasteiger partial charge >= 0.3 is 0 Å². The first-order chi connectivity index (χ1) is 13.0. The number of thiazole rings is 1. The summed E-state index contributed by atoms with van der Waals surface area (Å²) in [6, 6.07) is 8.23. The highest BCUT2D eigenvalue weighted by Gasteiger charge is 2.15. The van der Waals surface area contributed by atoms with E-state index in [1.54, 1.807) is 0 Å². The maximum absolute atomic E-state index is 4.30. The molecule has 8 heteroatoms. The highest BCUT2D eigenvalue weighted by atomic mass is 127. The summed E-state index contributed by atoms with van der Waals surface area (Å²) in [6.45, 7) is 9.18. The van der Waals surface area contributed by atoms with E-state index in [1.165, 1.54) is 26.5 Å². The molecule has 0 bridgehead atoms. The van der Waals surface area contributed by atoms with Crippen molar-refractivity contribution in [3.8, 4) is 0 Å². The summed E-state index contributed by atoms with van der Waals surface area (Å²) < 4.78 is 5.77. The van der Waals surface area contributed by atoms with Crippen LogP contribution in [0.25, 0.3) is 0 Å². The molecule has 0 unspecified atom stereocenters. The van der Waals surface area contributed by atoms with Gasteiger partial charge in [0, 0.05) is 47.1 Å². The lowest BCUT2D eigenvalue weighted by molar-refractivity contribution is -0.700. The lowest BCUT2D eigenvalue weighted by Crippen LogP contribution is -2.42. The molecule has 0 N–H and O–H groups in total. The van der Waals surface area contributed by atoms with Crippen molar-refractivity contribution in [2.24, 2.45) is 17.3 Å². The first kappa shape index (κ1) is 19.9. The topological polar surface area (TPSA) is 49.7 Å². The smallest absolute Gasteiger partial charge is 0.253 e. The Kier molecular flexibility index (Phi) is 6.59. The van der Waals surface area contributed by atoms with E-state index in [9.17, 15) is 0 Å². The number of likely N-dealkylation sites (N-methyl/N-ethyl adjacent to an activating group) is 1.